The molecule has 0 spiro atoms. The zero-order valence-electron chi connectivity index (χ0n) is 15.9. The largest absolute Gasteiger partial charge is 0.396 e. The van der Waals surface area contributed by atoms with Crippen molar-refractivity contribution in [2.24, 2.45) is 5.92 Å². The fourth-order valence-electron chi connectivity index (χ4n) is 3.53. The standard InChI is InChI=1S/C21H32NOS/c1-6-7-8-9-15(2)21-17(4)12-16(3)19-13-20(24-11-10-23)18(5)14-22(19)21/h9,12-13,18,23H,6-8,10-11,14H2,1-5H3/q+1/b15-9+. The Hall–Kier alpha value is -1.06. The third-order valence-electron chi connectivity index (χ3n) is 4.73. The number of aliphatic hydroxyl groups is 1. The summed E-state index contributed by atoms with van der Waals surface area (Å²) in [5.41, 5.74) is 6.83. The van der Waals surface area contributed by atoms with Crippen LogP contribution in [0.5, 0.6) is 0 Å². The lowest BCUT2D eigenvalue weighted by molar-refractivity contribution is -0.707. The average molecular weight is 347 g/mol. The summed E-state index contributed by atoms with van der Waals surface area (Å²) in [6.45, 7) is 12.5. The highest BCUT2D eigenvalue weighted by Crippen LogP contribution is 2.32. The minimum absolute atomic E-state index is 0.242. The van der Waals surface area contributed by atoms with Crippen molar-refractivity contribution in [1.82, 2.24) is 0 Å². The van der Waals surface area contributed by atoms with E-state index in [4.69, 9.17) is 5.11 Å². The van der Waals surface area contributed by atoms with Crippen molar-refractivity contribution in [2.45, 2.75) is 60.4 Å². The van der Waals surface area contributed by atoms with Crippen LogP contribution in [-0.2, 0) is 6.54 Å². The topological polar surface area (TPSA) is 24.1 Å². The molecule has 0 saturated heterocycles. The number of thioether (sulfide) groups is 1. The molecule has 1 atom stereocenters. The van der Waals surface area contributed by atoms with Gasteiger partial charge in [0.2, 0.25) is 11.4 Å². The van der Waals surface area contributed by atoms with Crippen molar-refractivity contribution in [3.63, 3.8) is 0 Å². The summed E-state index contributed by atoms with van der Waals surface area (Å²) >= 11 is 1.80. The molecule has 24 heavy (non-hydrogen) atoms. The molecule has 0 aromatic carbocycles. The molecule has 1 aromatic heterocycles. The van der Waals surface area contributed by atoms with Crippen LogP contribution in [0.1, 0.15) is 62.5 Å². The van der Waals surface area contributed by atoms with E-state index in [1.165, 1.54) is 45.8 Å². The summed E-state index contributed by atoms with van der Waals surface area (Å²) in [6, 6.07) is 2.32. The molecule has 1 N–H and O–H groups in total. The van der Waals surface area contributed by atoms with Gasteiger partial charge in [0, 0.05) is 39.4 Å². The monoisotopic (exact) mass is 346 g/mol. The van der Waals surface area contributed by atoms with Gasteiger partial charge in [-0.25, -0.2) is 0 Å². The van der Waals surface area contributed by atoms with E-state index in [1.54, 1.807) is 11.8 Å². The number of nitrogens with zero attached hydrogens (tertiary/aromatic N) is 1. The molecule has 0 bridgehead atoms. The van der Waals surface area contributed by atoms with Crippen LogP contribution >= 0.6 is 11.8 Å². The SMILES string of the molecule is CCCC/C=C(\C)c1c(C)cc(C)c2[n+]1CC(C)C(SCCO)=C2. The second-order valence-electron chi connectivity index (χ2n) is 6.90. The maximum absolute atomic E-state index is 9.13. The Labute approximate surface area is 151 Å². The highest BCUT2D eigenvalue weighted by atomic mass is 32.2. The van der Waals surface area contributed by atoms with Crippen molar-refractivity contribution in [3.8, 4) is 0 Å². The molecule has 132 valence electrons. The Morgan fingerprint density at radius 1 is 1.38 bits per heavy atom. The molecule has 0 fully saturated rings. The fourth-order valence-corrected chi connectivity index (χ4v) is 4.41. The molecule has 1 aromatic rings. The summed E-state index contributed by atoms with van der Waals surface area (Å²) < 4.78 is 2.51. The minimum Gasteiger partial charge on any atom is -0.396 e. The Morgan fingerprint density at radius 2 is 2.12 bits per heavy atom. The second kappa shape index (κ2) is 8.87. The molecule has 0 amide bonds. The van der Waals surface area contributed by atoms with Gasteiger partial charge in [-0.2, -0.15) is 4.57 Å². The quantitative estimate of drug-likeness (QED) is 0.561. The summed E-state index contributed by atoms with van der Waals surface area (Å²) in [7, 11) is 0. The summed E-state index contributed by atoms with van der Waals surface area (Å²) in [6.07, 6.45) is 8.40. The van der Waals surface area contributed by atoms with Gasteiger partial charge in [0.1, 0.15) is 0 Å². The lowest BCUT2D eigenvalue weighted by Crippen LogP contribution is -2.47. The molecule has 1 aliphatic rings. The third kappa shape index (κ3) is 4.31. The second-order valence-corrected chi connectivity index (χ2v) is 8.07. The fraction of sp³-hybridized carbons (Fsp3) is 0.571. The number of hydrogen-bond donors (Lipinski definition) is 1. The number of unbranched alkanes of at least 4 members (excludes halogenated alkanes) is 2. The summed E-state index contributed by atoms with van der Waals surface area (Å²) in [4.78, 5) is 1.40. The molecule has 2 rings (SSSR count). The van der Waals surface area contributed by atoms with Gasteiger partial charge in [0.15, 0.2) is 6.54 Å². The first-order valence-corrected chi connectivity index (χ1v) is 10.1. The lowest BCUT2D eigenvalue weighted by Gasteiger charge is -2.22. The maximum atomic E-state index is 9.13. The zero-order chi connectivity index (χ0) is 17.7. The number of aromatic nitrogens is 1. The van der Waals surface area contributed by atoms with E-state index in [1.807, 2.05) is 0 Å². The average Bonchev–Trinajstić information content (AvgIpc) is 2.53. The first kappa shape index (κ1) is 19.3. The van der Waals surface area contributed by atoms with Crippen molar-refractivity contribution in [3.05, 3.63) is 39.6 Å². The van der Waals surface area contributed by atoms with Crippen LogP contribution in [-0.4, -0.2) is 17.5 Å². The molecule has 1 unspecified atom stereocenters. The van der Waals surface area contributed by atoms with E-state index in [0.717, 1.165) is 18.7 Å². The number of aliphatic hydroxyl groups excluding tert-OH is 1. The van der Waals surface area contributed by atoms with Crippen LogP contribution < -0.4 is 4.57 Å². The Morgan fingerprint density at radius 3 is 2.79 bits per heavy atom. The van der Waals surface area contributed by atoms with Gasteiger partial charge in [-0.1, -0.05) is 32.8 Å². The van der Waals surface area contributed by atoms with Gasteiger partial charge in [-0.3, -0.25) is 0 Å². The molecule has 1 aliphatic heterocycles. The highest BCUT2D eigenvalue weighted by molar-refractivity contribution is 8.03. The van der Waals surface area contributed by atoms with E-state index in [2.05, 4.69) is 57.4 Å². The summed E-state index contributed by atoms with van der Waals surface area (Å²) in [5, 5.41) is 9.13. The van der Waals surface area contributed by atoms with Crippen molar-refractivity contribution in [1.29, 1.82) is 0 Å². The van der Waals surface area contributed by atoms with Crippen LogP contribution in [0.15, 0.2) is 17.0 Å². The van der Waals surface area contributed by atoms with Crippen LogP contribution in [0.3, 0.4) is 0 Å². The molecule has 2 nitrogen and oxygen atoms in total. The molecule has 2 heterocycles. The molecule has 0 aliphatic carbocycles. The Bertz CT molecular complexity index is 646. The van der Waals surface area contributed by atoms with Crippen molar-refractivity contribution >= 4 is 23.4 Å². The third-order valence-corrected chi connectivity index (χ3v) is 5.97. The maximum Gasteiger partial charge on any atom is 0.211 e. The molecule has 3 heteroatoms. The molecular weight excluding hydrogens is 314 g/mol. The van der Waals surface area contributed by atoms with Crippen LogP contribution in [0.4, 0.5) is 0 Å². The number of pyridine rings is 1. The Balaban J connectivity index is 2.46. The van der Waals surface area contributed by atoms with Gasteiger partial charge < -0.3 is 5.11 Å². The predicted octanol–water partition coefficient (Wildman–Crippen LogP) is 4.90. The van der Waals surface area contributed by atoms with Crippen molar-refractivity contribution in [2.75, 3.05) is 12.4 Å². The van der Waals surface area contributed by atoms with E-state index in [0.29, 0.717) is 5.92 Å². The van der Waals surface area contributed by atoms with Gasteiger partial charge in [-0.15, -0.1) is 11.8 Å². The first-order valence-electron chi connectivity index (χ1n) is 9.16. The van der Waals surface area contributed by atoms with Gasteiger partial charge in [0.25, 0.3) is 0 Å². The minimum atomic E-state index is 0.242. The van der Waals surface area contributed by atoms with Gasteiger partial charge in [0.05, 0.1) is 6.61 Å². The van der Waals surface area contributed by atoms with E-state index >= 15 is 0 Å². The number of hydrogen-bond acceptors (Lipinski definition) is 2. The van der Waals surface area contributed by atoms with E-state index in [-0.39, 0.29) is 6.61 Å². The smallest absolute Gasteiger partial charge is 0.211 e. The molecule has 0 saturated carbocycles. The normalized spacial score (nSPS) is 17.7. The van der Waals surface area contributed by atoms with E-state index < -0.39 is 0 Å². The predicted molar refractivity (Wildman–Crippen MR) is 106 cm³/mol. The zero-order valence-corrected chi connectivity index (χ0v) is 16.7. The molecular formula is C21H32NOS+. The highest BCUT2D eigenvalue weighted by Gasteiger charge is 2.30. The number of rotatable bonds is 7. The first-order chi connectivity index (χ1) is 11.5. The van der Waals surface area contributed by atoms with Gasteiger partial charge in [-0.05, 0) is 33.3 Å². The van der Waals surface area contributed by atoms with Crippen LogP contribution in [0, 0.1) is 19.8 Å². The number of fused-ring (bicyclic) bond motifs is 1. The number of aryl methyl sites for hydroxylation is 2. The van der Waals surface area contributed by atoms with Crippen LogP contribution in [0.25, 0.3) is 11.6 Å². The van der Waals surface area contributed by atoms with Gasteiger partial charge >= 0.3 is 0 Å². The molecule has 0 radical (unpaired) electrons. The Kier molecular flexibility index (Phi) is 7.12. The van der Waals surface area contributed by atoms with Crippen molar-refractivity contribution < 1.29 is 9.67 Å². The summed E-state index contributed by atoms with van der Waals surface area (Å²) in [5.74, 6) is 1.28. The van der Waals surface area contributed by atoms with Crippen LogP contribution in [0.2, 0.25) is 0 Å². The van der Waals surface area contributed by atoms with E-state index in [9.17, 15) is 0 Å². The number of allylic oxidation sites excluding steroid dienone is 3. The lowest BCUT2D eigenvalue weighted by atomic mass is 9.97.